The number of fused-ring (bicyclic) bond motifs is 1. The van der Waals surface area contributed by atoms with E-state index in [4.69, 9.17) is 0 Å². The molecule has 2 aromatic rings. The highest BCUT2D eigenvalue weighted by Gasteiger charge is 2.32. The van der Waals surface area contributed by atoms with Crippen molar-refractivity contribution in [2.24, 2.45) is 0 Å². The van der Waals surface area contributed by atoms with Gasteiger partial charge < -0.3 is 9.72 Å². The number of aromatic nitrogens is 2. The molecule has 0 spiro atoms. The molecule has 0 unspecified atom stereocenters. The van der Waals surface area contributed by atoms with Crippen LogP contribution >= 0.6 is 0 Å². The van der Waals surface area contributed by atoms with Gasteiger partial charge in [0.1, 0.15) is 5.65 Å². The third-order valence-corrected chi connectivity index (χ3v) is 6.43. The molecule has 0 aromatic carbocycles. The minimum Gasteiger partial charge on any atom is -0.312 e. The Kier molecular flexibility index (Phi) is 4.73. The zero-order valence-corrected chi connectivity index (χ0v) is 14.6. The maximum absolute atomic E-state index is 11.9. The SMILES string of the molecule is Cc1cccn2cc(CCN[C@H]3CCCC[C@@H]3S(C)(=O)=O)nc12. The van der Waals surface area contributed by atoms with Crippen LogP contribution in [0.4, 0.5) is 0 Å². The zero-order chi connectivity index (χ0) is 16.4. The molecule has 1 N–H and O–H groups in total. The van der Waals surface area contributed by atoms with Gasteiger partial charge in [-0.1, -0.05) is 18.9 Å². The Morgan fingerprint density at radius 2 is 2.13 bits per heavy atom. The standard InChI is InChI=1S/C17H25N3O2S/c1-13-6-5-11-20-12-14(19-17(13)20)9-10-18-15-7-3-4-8-16(15)23(2,21)22/h5-6,11-12,15-16,18H,3-4,7-10H2,1-2H3/t15-,16-/m0/s1. The highest BCUT2D eigenvalue weighted by atomic mass is 32.2. The van der Waals surface area contributed by atoms with Crippen molar-refractivity contribution >= 4 is 15.5 Å². The number of hydrogen-bond donors (Lipinski definition) is 1. The van der Waals surface area contributed by atoms with Crippen molar-refractivity contribution in [3.63, 3.8) is 0 Å². The van der Waals surface area contributed by atoms with E-state index in [1.807, 2.05) is 16.7 Å². The fourth-order valence-corrected chi connectivity index (χ4v) is 4.98. The topological polar surface area (TPSA) is 63.5 Å². The molecule has 5 nitrogen and oxygen atoms in total. The van der Waals surface area contributed by atoms with Crippen molar-refractivity contribution in [2.45, 2.75) is 50.3 Å². The summed E-state index contributed by atoms with van der Waals surface area (Å²) in [7, 11) is -2.98. The lowest BCUT2D eigenvalue weighted by Gasteiger charge is -2.30. The number of pyridine rings is 1. The number of rotatable bonds is 5. The molecule has 1 saturated carbocycles. The van der Waals surface area contributed by atoms with Crippen LogP contribution in [0.2, 0.25) is 0 Å². The van der Waals surface area contributed by atoms with Crippen LogP contribution in [0.15, 0.2) is 24.5 Å². The molecule has 0 radical (unpaired) electrons. The van der Waals surface area contributed by atoms with Gasteiger partial charge in [0, 0.05) is 37.7 Å². The second-order valence-electron chi connectivity index (χ2n) is 6.62. The largest absolute Gasteiger partial charge is 0.312 e. The fraction of sp³-hybridized carbons (Fsp3) is 0.588. The second kappa shape index (κ2) is 6.61. The van der Waals surface area contributed by atoms with E-state index in [0.717, 1.165) is 55.6 Å². The van der Waals surface area contributed by atoms with Crippen LogP contribution in [0, 0.1) is 6.92 Å². The lowest BCUT2D eigenvalue weighted by Crippen LogP contribution is -2.46. The predicted octanol–water partition coefficient (Wildman–Crippen LogP) is 2.13. The normalized spacial score (nSPS) is 22.5. The van der Waals surface area contributed by atoms with Crippen molar-refractivity contribution in [1.29, 1.82) is 0 Å². The van der Waals surface area contributed by atoms with Crippen LogP contribution in [0.5, 0.6) is 0 Å². The highest BCUT2D eigenvalue weighted by molar-refractivity contribution is 7.91. The lowest BCUT2D eigenvalue weighted by molar-refractivity contribution is 0.373. The average Bonchev–Trinajstić information content (AvgIpc) is 2.91. The summed E-state index contributed by atoms with van der Waals surface area (Å²) in [5.41, 5.74) is 3.20. The Hall–Kier alpha value is -1.40. The molecular formula is C17H25N3O2S. The van der Waals surface area contributed by atoms with Crippen LogP contribution in [0.3, 0.4) is 0 Å². The number of sulfone groups is 1. The summed E-state index contributed by atoms with van der Waals surface area (Å²) in [5.74, 6) is 0. The molecule has 0 saturated heterocycles. The van der Waals surface area contributed by atoms with Gasteiger partial charge in [0.05, 0.1) is 10.9 Å². The van der Waals surface area contributed by atoms with Crippen LogP contribution in [0.1, 0.15) is 36.9 Å². The lowest BCUT2D eigenvalue weighted by atomic mass is 9.95. The fourth-order valence-electron chi connectivity index (χ4n) is 3.55. The van der Waals surface area contributed by atoms with Gasteiger partial charge in [-0.25, -0.2) is 13.4 Å². The first-order valence-corrected chi connectivity index (χ1v) is 10.3. The smallest absolute Gasteiger partial charge is 0.151 e. The van der Waals surface area contributed by atoms with Crippen LogP contribution in [-0.4, -0.2) is 41.9 Å². The maximum atomic E-state index is 11.9. The Balaban J connectivity index is 1.62. The molecule has 0 aliphatic heterocycles. The summed E-state index contributed by atoms with van der Waals surface area (Å²) in [6.07, 6.45) is 10.1. The minimum atomic E-state index is -2.98. The van der Waals surface area contributed by atoms with Crippen molar-refractivity contribution in [1.82, 2.24) is 14.7 Å². The highest BCUT2D eigenvalue weighted by Crippen LogP contribution is 2.24. The first kappa shape index (κ1) is 16.5. The van der Waals surface area contributed by atoms with E-state index in [2.05, 4.69) is 29.5 Å². The van der Waals surface area contributed by atoms with Gasteiger partial charge in [0.2, 0.25) is 0 Å². The van der Waals surface area contributed by atoms with Gasteiger partial charge in [0.25, 0.3) is 0 Å². The van der Waals surface area contributed by atoms with Crippen molar-refractivity contribution in [3.8, 4) is 0 Å². The maximum Gasteiger partial charge on any atom is 0.151 e. The third-order valence-electron chi connectivity index (χ3n) is 4.77. The molecule has 6 heteroatoms. The molecule has 1 aliphatic carbocycles. The Morgan fingerprint density at radius 1 is 1.35 bits per heavy atom. The molecule has 1 aliphatic rings. The molecule has 23 heavy (non-hydrogen) atoms. The third kappa shape index (κ3) is 3.75. The molecule has 1 fully saturated rings. The summed E-state index contributed by atoms with van der Waals surface area (Å²) in [6.45, 7) is 2.82. The van der Waals surface area contributed by atoms with Gasteiger partial charge in [-0.05, 0) is 31.4 Å². The van der Waals surface area contributed by atoms with E-state index >= 15 is 0 Å². The summed E-state index contributed by atoms with van der Waals surface area (Å²) in [6, 6.07) is 4.16. The van der Waals surface area contributed by atoms with Gasteiger partial charge in [-0.15, -0.1) is 0 Å². The van der Waals surface area contributed by atoms with Crippen LogP contribution in [0.25, 0.3) is 5.65 Å². The Bertz CT molecular complexity index is 782. The average molecular weight is 335 g/mol. The number of hydrogen-bond acceptors (Lipinski definition) is 4. The number of nitrogens with one attached hydrogen (secondary N) is 1. The number of nitrogens with zero attached hydrogens (tertiary/aromatic N) is 2. The van der Waals surface area contributed by atoms with E-state index in [1.54, 1.807) is 0 Å². The van der Waals surface area contributed by atoms with Crippen LogP contribution in [-0.2, 0) is 16.3 Å². The van der Waals surface area contributed by atoms with Gasteiger partial charge in [-0.3, -0.25) is 0 Å². The van der Waals surface area contributed by atoms with E-state index < -0.39 is 9.84 Å². The summed E-state index contributed by atoms with van der Waals surface area (Å²) >= 11 is 0. The van der Waals surface area contributed by atoms with E-state index in [9.17, 15) is 8.42 Å². The molecule has 2 atom stereocenters. The molecule has 126 valence electrons. The van der Waals surface area contributed by atoms with Crippen molar-refractivity contribution in [3.05, 3.63) is 35.8 Å². The Labute approximate surface area is 138 Å². The number of imidazole rings is 1. The van der Waals surface area contributed by atoms with Gasteiger partial charge >= 0.3 is 0 Å². The monoisotopic (exact) mass is 335 g/mol. The first-order valence-electron chi connectivity index (χ1n) is 8.30. The quantitative estimate of drug-likeness (QED) is 0.909. The minimum absolute atomic E-state index is 0.0810. The second-order valence-corrected chi connectivity index (χ2v) is 8.88. The van der Waals surface area contributed by atoms with E-state index in [-0.39, 0.29) is 11.3 Å². The van der Waals surface area contributed by atoms with Gasteiger partial charge in [-0.2, -0.15) is 0 Å². The summed E-state index contributed by atoms with van der Waals surface area (Å²) in [5, 5.41) is 3.22. The van der Waals surface area contributed by atoms with Crippen LogP contribution < -0.4 is 5.32 Å². The molecular weight excluding hydrogens is 310 g/mol. The first-order chi connectivity index (χ1) is 10.9. The number of aryl methyl sites for hydroxylation is 1. The Morgan fingerprint density at radius 3 is 2.87 bits per heavy atom. The molecule has 3 rings (SSSR count). The molecule has 2 aromatic heterocycles. The van der Waals surface area contributed by atoms with E-state index in [1.165, 1.54) is 6.26 Å². The molecule has 0 bridgehead atoms. The summed E-state index contributed by atoms with van der Waals surface area (Å²) in [4.78, 5) is 4.67. The molecule has 2 heterocycles. The van der Waals surface area contributed by atoms with Crippen molar-refractivity contribution in [2.75, 3.05) is 12.8 Å². The van der Waals surface area contributed by atoms with Gasteiger partial charge in [0.15, 0.2) is 9.84 Å². The molecule has 0 amide bonds. The van der Waals surface area contributed by atoms with E-state index in [0.29, 0.717) is 0 Å². The summed E-state index contributed by atoms with van der Waals surface area (Å²) < 4.78 is 25.9. The zero-order valence-electron chi connectivity index (χ0n) is 13.8. The predicted molar refractivity (Wildman–Crippen MR) is 92.5 cm³/mol. The van der Waals surface area contributed by atoms with Crippen molar-refractivity contribution < 1.29 is 8.42 Å².